The highest BCUT2D eigenvalue weighted by Crippen LogP contribution is 2.27. The number of hydrogen-bond donors (Lipinski definition) is 0. The molecule has 7 heteroatoms. The van der Waals surface area contributed by atoms with Crippen LogP contribution in [0, 0.1) is 0 Å². The first-order chi connectivity index (χ1) is 13.4. The molecule has 1 saturated heterocycles. The second-order valence-corrected chi connectivity index (χ2v) is 7.61. The third-order valence-corrected chi connectivity index (χ3v) is 5.50. The number of amidine groups is 1. The fourth-order valence-corrected chi connectivity index (χ4v) is 4.02. The molecule has 1 unspecified atom stereocenters. The lowest BCUT2D eigenvalue weighted by Gasteiger charge is -2.34. The van der Waals surface area contributed by atoms with Crippen LogP contribution in [-0.4, -0.2) is 70.8 Å². The van der Waals surface area contributed by atoms with Crippen molar-refractivity contribution in [3.05, 3.63) is 42.0 Å². The Morgan fingerprint density at radius 1 is 1.29 bits per heavy atom. The zero-order chi connectivity index (χ0) is 20.0. The minimum absolute atomic E-state index is 0.219. The van der Waals surface area contributed by atoms with Gasteiger partial charge in [-0.2, -0.15) is 0 Å². The van der Waals surface area contributed by atoms with Crippen LogP contribution < -0.4 is 4.90 Å². The maximum atomic E-state index is 13.2. The summed E-state index contributed by atoms with van der Waals surface area (Å²) in [5, 5.41) is 0. The molecule has 0 radical (unpaired) electrons. The van der Waals surface area contributed by atoms with E-state index in [1.807, 2.05) is 11.5 Å². The van der Waals surface area contributed by atoms with Gasteiger partial charge in [0.1, 0.15) is 5.69 Å². The van der Waals surface area contributed by atoms with Crippen LogP contribution in [0.25, 0.3) is 0 Å². The van der Waals surface area contributed by atoms with Gasteiger partial charge < -0.3 is 0 Å². The number of nitrogens with zero attached hydrogens (tertiary/aromatic N) is 5. The SMILES string of the molecule is C=C(C)CN1C(=O)C2C(=NC3=[N+]2CCCN3c2ccc(CC)cc2)N(C)C1=O. The maximum absolute atomic E-state index is 13.2. The topological polar surface area (TPSA) is 59.2 Å². The first-order valence-electron chi connectivity index (χ1n) is 9.74. The fourth-order valence-electron chi connectivity index (χ4n) is 4.02. The molecule has 0 spiro atoms. The van der Waals surface area contributed by atoms with Gasteiger partial charge in [0.05, 0.1) is 19.6 Å². The Bertz CT molecular complexity index is 915. The van der Waals surface area contributed by atoms with E-state index in [9.17, 15) is 9.59 Å². The van der Waals surface area contributed by atoms with Gasteiger partial charge in [-0.05, 0) is 31.0 Å². The number of benzene rings is 1. The molecule has 28 heavy (non-hydrogen) atoms. The molecular weight excluding hydrogens is 354 g/mol. The smallest absolute Gasteiger partial charge is 0.270 e. The highest BCUT2D eigenvalue weighted by Gasteiger charge is 2.54. The van der Waals surface area contributed by atoms with Crippen molar-refractivity contribution in [1.29, 1.82) is 0 Å². The molecule has 3 aliphatic heterocycles. The average molecular weight is 380 g/mol. The van der Waals surface area contributed by atoms with E-state index in [0.717, 1.165) is 43.2 Å². The molecule has 0 saturated carbocycles. The van der Waals surface area contributed by atoms with Crippen LogP contribution in [0.3, 0.4) is 0 Å². The van der Waals surface area contributed by atoms with E-state index in [4.69, 9.17) is 4.99 Å². The molecule has 1 aromatic carbocycles. The van der Waals surface area contributed by atoms with Gasteiger partial charge in [-0.15, -0.1) is 0 Å². The number of aryl methyl sites for hydroxylation is 1. The number of fused-ring (bicyclic) bond motifs is 2. The molecule has 0 bridgehead atoms. The number of urea groups is 1. The number of hydrogen-bond acceptors (Lipinski definition) is 4. The van der Waals surface area contributed by atoms with Crippen LogP contribution >= 0.6 is 0 Å². The molecule has 7 nitrogen and oxygen atoms in total. The van der Waals surface area contributed by atoms with Crippen molar-refractivity contribution in [2.45, 2.75) is 32.7 Å². The molecule has 3 amide bonds. The fraction of sp³-hybridized carbons (Fsp3) is 0.429. The predicted octanol–water partition coefficient (Wildman–Crippen LogP) is 2.08. The summed E-state index contributed by atoms with van der Waals surface area (Å²) in [6, 6.07) is 7.55. The van der Waals surface area contributed by atoms with Gasteiger partial charge in [0.15, 0.2) is 0 Å². The maximum Gasteiger partial charge on any atom is 0.397 e. The van der Waals surface area contributed by atoms with E-state index in [2.05, 4.69) is 42.7 Å². The van der Waals surface area contributed by atoms with Gasteiger partial charge in [-0.1, -0.05) is 36.2 Å². The first-order valence-corrected chi connectivity index (χ1v) is 9.74. The molecule has 3 aliphatic rings. The van der Waals surface area contributed by atoms with Crippen LogP contribution in [0.5, 0.6) is 0 Å². The minimum Gasteiger partial charge on any atom is -0.270 e. The van der Waals surface area contributed by atoms with Crippen molar-refractivity contribution in [3.8, 4) is 0 Å². The Morgan fingerprint density at radius 3 is 2.64 bits per heavy atom. The summed E-state index contributed by atoms with van der Waals surface area (Å²) in [4.78, 5) is 35.5. The van der Waals surface area contributed by atoms with Crippen molar-refractivity contribution in [1.82, 2.24) is 9.80 Å². The van der Waals surface area contributed by atoms with E-state index >= 15 is 0 Å². The molecule has 0 aliphatic carbocycles. The largest absolute Gasteiger partial charge is 0.397 e. The monoisotopic (exact) mass is 380 g/mol. The molecule has 146 valence electrons. The summed E-state index contributed by atoms with van der Waals surface area (Å²) in [5.41, 5.74) is 3.11. The van der Waals surface area contributed by atoms with Crippen LogP contribution in [0.4, 0.5) is 10.5 Å². The predicted molar refractivity (Wildman–Crippen MR) is 109 cm³/mol. The van der Waals surface area contributed by atoms with Crippen LogP contribution in [0.2, 0.25) is 0 Å². The lowest BCUT2D eigenvalue weighted by Crippen LogP contribution is -2.63. The Balaban J connectivity index is 1.73. The van der Waals surface area contributed by atoms with E-state index in [1.54, 1.807) is 7.05 Å². The number of anilines is 1. The molecule has 4 rings (SSSR count). The van der Waals surface area contributed by atoms with E-state index in [0.29, 0.717) is 5.84 Å². The van der Waals surface area contributed by atoms with Gasteiger partial charge in [0.25, 0.3) is 5.91 Å². The minimum atomic E-state index is -0.547. The number of rotatable bonds is 4. The van der Waals surface area contributed by atoms with Crippen molar-refractivity contribution in [2.24, 2.45) is 4.99 Å². The van der Waals surface area contributed by atoms with E-state index < -0.39 is 6.04 Å². The van der Waals surface area contributed by atoms with Gasteiger partial charge in [0, 0.05) is 13.5 Å². The quantitative estimate of drug-likeness (QED) is 0.594. The molecule has 1 aromatic rings. The van der Waals surface area contributed by atoms with Gasteiger partial charge in [-0.25, -0.2) is 14.3 Å². The van der Waals surface area contributed by atoms with Gasteiger partial charge in [-0.3, -0.25) is 14.6 Å². The summed E-state index contributed by atoms with van der Waals surface area (Å²) >= 11 is 0. The van der Waals surface area contributed by atoms with E-state index in [1.165, 1.54) is 15.4 Å². The number of carbonyl (C=O) groups excluding carboxylic acids is 2. The highest BCUT2D eigenvalue weighted by atomic mass is 16.2. The Labute approximate surface area is 165 Å². The molecule has 0 aromatic heterocycles. The molecule has 1 fully saturated rings. The number of guanidine groups is 1. The summed E-state index contributed by atoms with van der Waals surface area (Å²) in [5.74, 6) is 1.05. The van der Waals surface area contributed by atoms with Crippen molar-refractivity contribution < 1.29 is 14.2 Å². The van der Waals surface area contributed by atoms with Crippen molar-refractivity contribution >= 4 is 29.4 Å². The normalized spacial score (nSPS) is 21.8. The van der Waals surface area contributed by atoms with Crippen LogP contribution in [0.15, 0.2) is 41.4 Å². The first kappa shape index (κ1) is 18.4. The lowest BCUT2D eigenvalue weighted by molar-refractivity contribution is -0.539. The average Bonchev–Trinajstić information content (AvgIpc) is 3.09. The van der Waals surface area contributed by atoms with Gasteiger partial charge in [0.2, 0.25) is 11.9 Å². The standard InChI is InChI=1S/C21H26N5O2/c1-5-15-7-9-16(10-8-15)24-11-6-12-25-17-18(22-20(24)25)23(4)21(28)26(19(17)27)13-14(2)3/h7-10,17H,2,5-6,11-13H2,1,3-4H3/q+1. The number of likely N-dealkylation sites (N-methyl/N-ethyl adjacent to an activating group) is 1. The van der Waals surface area contributed by atoms with Crippen molar-refractivity contribution in [2.75, 3.05) is 31.6 Å². The Hall–Kier alpha value is -2.96. The highest BCUT2D eigenvalue weighted by molar-refractivity contribution is 6.24. The van der Waals surface area contributed by atoms with Crippen LogP contribution in [-0.2, 0) is 11.2 Å². The number of imide groups is 1. The summed E-state index contributed by atoms with van der Waals surface area (Å²) in [6.45, 7) is 9.62. The third kappa shape index (κ3) is 2.82. The third-order valence-electron chi connectivity index (χ3n) is 5.50. The molecule has 1 atom stereocenters. The second-order valence-electron chi connectivity index (χ2n) is 7.61. The molecule has 0 N–H and O–H groups in total. The Kier molecular flexibility index (Phi) is 4.53. The zero-order valence-corrected chi connectivity index (χ0v) is 16.7. The Morgan fingerprint density at radius 2 is 2.00 bits per heavy atom. The van der Waals surface area contributed by atoms with Gasteiger partial charge >= 0.3 is 12.0 Å². The van der Waals surface area contributed by atoms with Crippen molar-refractivity contribution in [3.63, 3.8) is 0 Å². The number of amides is 3. The zero-order valence-electron chi connectivity index (χ0n) is 16.7. The lowest BCUT2D eigenvalue weighted by atomic mass is 10.1. The number of carbonyl (C=O) groups is 2. The molecular formula is C21H26N5O2+. The summed E-state index contributed by atoms with van der Waals surface area (Å²) in [7, 11) is 1.69. The summed E-state index contributed by atoms with van der Waals surface area (Å²) < 4.78 is 2.03. The second kappa shape index (κ2) is 6.89. The van der Waals surface area contributed by atoms with E-state index in [-0.39, 0.29) is 18.5 Å². The number of aliphatic imine (C=N–C) groups is 1. The molecule has 3 heterocycles. The summed E-state index contributed by atoms with van der Waals surface area (Å²) in [6.07, 6.45) is 1.91. The van der Waals surface area contributed by atoms with Crippen LogP contribution in [0.1, 0.15) is 25.8 Å².